The second-order valence-corrected chi connectivity index (χ2v) is 7.89. The molecule has 0 aromatic heterocycles. The smallest absolute Gasteiger partial charge is 0.261 e. The molecule has 2 heterocycles. The fourth-order valence-electron chi connectivity index (χ4n) is 3.79. The van der Waals surface area contributed by atoms with Crippen molar-refractivity contribution in [2.75, 3.05) is 11.5 Å². The van der Waals surface area contributed by atoms with Gasteiger partial charge in [-0.1, -0.05) is 24.3 Å². The molecule has 0 bridgehead atoms. The maximum absolute atomic E-state index is 13.3. The highest BCUT2D eigenvalue weighted by atomic mass is 127. The van der Waals surface area contributed by atoms with E-state index in [2.05, 4.69) is 27.6 Å². The number of amides is 1. The first-order valence-corrected chi connectivity index (χ1v) is 9.89. The number of halogens is 1. The van der Waals surface area contributed by atoms with E-state index in [1.165, 1.54) is 4.90 Å². The third kappa shape index (κ3) is 2.48. The summed E-state index contributed by atoms with van der Waals surface area (Å²) in [5, 5.41) is 12.0. The third-order valence-electron chi connectivity index (χ3n) is 5.03. The zero-order valence-electron chi connectivity index (χ0n) is 14.7. The SMILES string of the molecule is O=C1c2ccccc2C(O)(c2ccc3c(c2)N=CCO3)N1c1cccc(I)c1. The van der Waals surface area contributed by atoms with Crippen molar-refractivity contribution in [2.24, 2.45) is 4.99 Å². The zero-order chi connectivity index (χ0) is 19.3. The van der Waals surface area contributed by atoms with E-state index < -0.39 is 5.72 Å². The average Bonchev–Trinajstić information content (AvgIpc) is 2.96. The second-order valence-electron chi connectivity index (χ2n) is 6.64. The van der Waals surface area contributed by atoms with Crippen molar-refractivity contribution >= 4 is 46.1 Å². The molecule has 1 amide bonds. The van der Waals surface area contributed by atoms with Crippen molar-refractivity contribution in [3.8, 4) is 5.75 Å². The molecule has 5 rings (SSSR count). The van der Waals surface area contributed by atoms with Crippen molar-refractivity contribution < 1.29 is 14.6 Å². The predicted octanol–water partition coefficient (Wildman–Crippen LogP) is 4.24. The van der Waals surface area contributed by atoms with Crippen LogP contribution in [0, 0.1) is 3.57 Å². The van der Waals surface area contributed by atoms with Crippen LogP contribution in [-0.4, -0.2) is 23.8 Å². The van der Waals surface area contributed by atoms with E-state index in [0.29, 0.717) is 40.4 Å². The molecule has 1 unspecified atom stereocenters. The Balaban J connectivity index is 1.76. The Kier molecular flexibility index (Phi) is 3.99. The fourth-order valence-corrected chi connectivity index (χ4v) is 4.31. The summed E-state index contributed by atoms with van der Waals surface area (Å²) in [5.74, 6) is 0.422. The molecule has 1 atom stereocenters. The molecule has 1 N–H and O–H groups in total. The zero-order valence-corrected chi connectivity index (χ0v) is 16.8. The summed E-state index contributed by atoms with van der Waals surface area (Å²) >= 11 is 2.20. The van der Waals surface area contributed by atoms with Gasteiger partial charge in [-0.15, -0.1) is 0 Å². The Morgan fingerprint density at radius 3 is 2.79 bits per heavy atom. The number of hydrogen-bond acceptors (Lipinski definition) is 4. The highest BCUT2D eigenvalue weighted by Gasteiger charge is 2.50. The summed E-state index contributed by atoms with van der Waals surface area (Å²) in [6.07, 6.45) is 1.68. The van der Waals surface area contributed by atoms with E-state index >= 15 is 0 Å². The monoisotopic (exact) mass is 482 g/mol. The van der Waals surface area contributed by atoms with E-state index in [1.54, 1.807) is 42.6 Å². The van der Waals surface area contributed by atoms with Gasteiger partial charge in [0.1, 0.15) is 18.0 Å². The molecule has 28 heavy (non-hydrogen) atoms. The first kappa shape index (κ1) is 17.4. The Bertz CT molecular complexity index is 1140. The lowest BCUT2D eigenvalue weighted by Gasteiger charge is -2.35. The van der Waals surface area contributed by atoms with Gasteiger partial charge in [0.05, 0.1) is 0 Å². The minimum Gasteiger partial charge on any atom is -0.486 e. The van der Waals surface area contributed by atoms with Crippen LogP contribution in [0.3, 0.4) is 0 Å². The van der Waals surface area contributed by atoms with Crippen LogP contribution in [0.15, 0.2) is 71.7 Å². The Labute approximate surface area is 175 Å². The van der Waals surface area contributed by atoms with E-state index in [0.717, 1.165) is 3.57 Å². The number of fused-ring (bicyclic) bond motifs is 2. The van der Waals surface area contributed by atoms with E-state index in [9.17, 15) is 9.90 Å². The highest BCUT2D eigenvalue weighted by molar-refractivity contribution is 14.1. The Morgan fingerprint density at radius 2 is 1.93 bits per heavy atom. The topological polar surface area (TPSA) is 62.1 Å². The fraction of sp³-hybridized carbons (Fsp3) is 0.0909. The molecule has 0 fully saturated rings. The molecule has 3 aromatic carbocycles. The number of rotatable bonds is 2. The number of aliphatic imine (C=N–C) groups is 1. The van der Waals surface area contributed by atoms with Gasteiger partial charge in [-0.3, -0.25) is 14.7 Å². The van der Waals surface area contributed by atoms with Crippen LogP contribution in [0.2, 0.25) is 0 Å². The quantitative estimate of drug-likeness (QED) is 0.556. The standard InChI is InChI=1S/C22H15IN2O3/c23-15-4-3-5-16(13-15)25-21(26)17-6-1-2-7-18(17)22(25,27)14-8-9-20-19(12-14)24-10-11-28-20/h1-10,12-13,27H,11H2. The third-order valence-corrected chi connectivity index (χ3v) is 5.70. The van der Waals surface area contributed by atoms with Crippen LogP contribution in [0.4, 0.5) is 11.4 Å². The van der Waals surface area contributed by atoms with Gasteiger partial charge in [-0.2, -0.15) is 0 Å². The number of carbonyl (C=O) groups is 1. The molecule has 5 nitrogen and oxygen atoms in total. The van der Waals surface area contributed by atoms with Gasteiger partial charge in [-0.25, -0.2) is 0 Å². The lowest BCUT2D eigenvalue weighted by Crippen LogP contribution is -2.45. The van der Waals surface area contributed by atoms with Crippen molar-refractivity contribution in [1.82, 2.24) is 0 Å². The minimum absolute atomic E-state index is 0.238. The molecule has 0 saturated heterocycles. The maximum Gasteiger partial charge on any atom is 0.261 e. The summed E-state index contributed by atoms with van der Waals surface area (Å²) in [6, 6.07) is 20.1. The lowest BCUT2D eigenvalue weighted by atomic mass is 9.93. The van der Waals surface area contributed by atoms with Gasteiger partial charge in [0.15, 0.2) is 5.72 Å². The molecule has 0 spiro atoms. The minimum atomic E-state index is -1.64. The van der Waals surface area contributed by atoms with Crippen LogP contribution < -0.4 is 9.64 Å². The van der Waals surface area contributed by atoms with Gasteiger partial charge in [0.2, 0.25) is 0 Å². The van der Waals surface area contributed by atoms with Crippen molar-refractivity contribution in [1.29, 1.82) is 0 Å². The van der Waals surface area contributed by atoms with Crippen LogP contribution >= 0.6 is 22.6 Å². The summed E-state index contributed by atoms with van der Waals surface area (Å²) in [5.41, 5.74) is 1.23. The Morgan fingerprint density at radius 1 is 1.07 bits per heavy atom. The van der Waals surface area contributed by atoms with Crippen LogP contribution in [0.1, 0.15) is 21.5 Å². The molecule has 0 aliphatic carbocycles. The number of anilines is 1. The van der Waals surface area contributed by atoms with Crippen LogP contribution in [-0.2, 0) is 5.72 Å². The summed E-state index contributed by atoms with van der Waals surface area (Å²) < 4.78 is 6.56. The van der Waals surface area contributed by atoms with Crippen molar-refractivity contribution in [3.63, 3.8) is 0 Å². The van der Waals surface area contributed by atoms with Gasteiger partial charge in [-0.05, 0) is 65.1 Å². The van der Waals surface area contributed by atoms with Crippen LogP contribution in [0.25, 0.3) is 0 Å². The number of benzene rings is 3. The molecule has 2 aliphatic heterocycles. The van der Waals surface area contributed by atoms with Gasteiger partial charge in [0, 0.05) is 32.2 Å². The van der Waals surface area contributed by atoms with Crippen molar-refractivity contribution in [3.05, 3.63) is 87.0 Å². The summed E-state index contributed by atoms with van der Waals surface area (Å²) in [7, 11) is 0. The first-order chi connectivity index (χ1) is 13.6. The molecule has 0 saturated carbocycles. The number of nitrogens with zero attached hydrogens (tertiary/aromatic N) is 2. The largest absolute Gasteiger partial charge is 0.486 e. The second kappa shape index (κ2) is 6.42. The number of aliphatic hydroxyl groups is 1. The Hall–Kier alpha value is -2.71. The average molecular weight is 482 g/mol. The molecule has 0 radical (unpaired) electrons. The molecular weight excluding hydrogens is 467 g/mol. The van der Waals surface area contributed by atoms with E-state index in [-0.39, 0.29) is 5.91 Å². The van der Waals surface area contributed by atoms with Crippen LogP contribution in [0.5, 0.6) is 5.75 Å². The molecule has 6 heteroatoms. The molecule has 3 aromatic rings. The van der Waals surface area contributed by atoms with Gasteiger partial charge in [0.25, 0.3) is 5.91 Å². The van der Waals surface area contributed by atoms with Crippen molar-refractivity contribution in [2.45, 2.75) is 5.72 Å². The number of ether oxygens (including phenoxy) is 1. The van der Waals surface area contributed by atoms with E-state index in [1.807, 2.05) is 30.3 Å². The summed E-state index contributed by atoms with van der Waals surface area (Å²) in [4.78, 5) is 19.1. The van der Waals surface area contributed by atoms with E-state index in [4.69, 9.17) is 4.74 Å². The first-order valence-electron chi connectivity index (χ1n) is 8.81. The lowest BCUT2D eigenvalue weighted by molar-refractivity contribution is 0.0703. The number of carbonyl (C=O) groups excluding carboxylic acids is 1. The summed E-state index contributed by atoms with van der Waals surface area (Å²) in [6.45, 7) is 0.423. The molecule has 2 aliphatic rings. The maximum atomic E-state index is 13.3. The highest BCUT2D eigenvalue weighted by Crippen LogP contribution is 2.46. The van der Waals surface area contributed by atoms with Gasteiger partial charge >= 0.3 is 0 Å². The molecule has 138 valence electrons. The predicted molar refractivity (Wildman–Crippen MR) is 115 cm³/mol. The normalized spacial score (nSPS) is 19.9. The van der Waals surface area contributed by atoms with Gasteiger partial charge < -0.3 is 9.84 Å². The molecular formula is C22H15IN2O3. The number of hydrogen-bond donors (Lipinski definition) is 1.